The van der Waals surface area contributed by atoms with Crippen molar-refractivity contribution in [2.45, 2.75) is 27.2 Å². The fourth-order valence-corrected chi connectivity index (χ4v) is 2.66. The zero-order chi connectivity index (χ0) is 12.6. The van der Waals surface area contributed by atoms with Crippen LogP contribution in [0.4, 0.5) is 0 Å². The Morgan fingerprint density at radius 3 is 2.59 bits per heavy atom. The molecule has 1 amide bonds. The molecule has 0 N–H and O–H groups in total. The van der Waals surface area contributed by atoms with Gasteiger partial charge in [0.15, 0.2) is 0 Å². The standard InChI is InChI=1S/C13H18ClNO2/c1-8-9(2)17-10(3)12(8)13(16)15-5-4-11(6-14)7-15/h11H,4-7H2,1-3H3. The minimum absolute atomic E-state index is 0.0875. The summed E-state index contributed by atoms with van der Waals surface area (Å²) in [6.07, 6.45) is 1.00. The molecule has 0 bridgehead atoms. The topological polar surface area (TPSA) is 33.5 Å². The van der Waals surface area contributed by atoms with Crippen molar-refractivity contribution >= 4 is 17.5 Å². The summed E-state index contributed by atoms with van der Waals surface area (Å²) >= 11 is 5.83. The SMILES string of the molecule is Cc1oc(C)c(C(=O)N2CCC(CCl)C2)c1C. The van der Waals surface area contributed by atoms with E-state index in [1.54, 1.807) is 0 Å². The number of carbonyl (C=O) groups excluding carboxylic acids is 1. The number of likely N-dealkylation sites (tertiary alicyclic amines) is 1. The third-order valence-electron chi connectivity index (χ3n) is 3.57. The van der Waals surface area contributed by atoms with Crippen LogP contribution < -0.4 is 0 Å². The van der Waals surface area contributed by atoms with Gasteiger partial charge in [-0.3, -0.25) is 4.79 Å². The van der Waals surface area contributed by atoms with E-state index >= 15 is 0 Å². The fourth-order valence-electron chi connectivity index (χ4n) is 2.41. The van der Waals surface area contributed by atoms with E-state index in [4.69, 9.17) is 16.0 Å². The molecular formula is C13H18ClNO2. The summed E-state index contributed by atoms with van der Waals surface area (Å²) in [5.74, 6) is 2.71. The molecule has 4 heteroatoms. The highest BCUT2D eigenvalue weighted by atomic mass is 35.5. The van der Waals surface area contributed by atoms with Gasteiger partial charge in [-0.1, -0.05) is 0 Å². The number of hydrogen-bond acceptors (Lipinski definition) is 2. The first-order valence-electron chi connectivity index (χ1n) is 5.96. The summed E-state index contributed by atoms with van der Waals surface area (Å²) in [5.41, 5.74) is 1.69. The van der Waals surface area contributed by atoms with E-state index in [2.05, 4.69) is 0 Å². The molecule has 17 heavy (non-hydrogen) atoms. The van der Waals surface area contributed by atoms with Gasteiger partial charge in [0.1, 0.15) is 11.5 Å². The molecule has 1 aliphatic rings. The molecule has 2 heterocycles. The van der Waals surface area contributed by atoms with E-state index in [0.29, 0.717) is 11.8 Å². The molecule has 0 spiro atoms. The van der Waals surface area contributed by atoms with Crippen molar-refractivity contribution in [1.82, 2.24) is 4.90 Å². The number of furan rings is 1. The van der Waals surface area contributed by atoms with E-state index in [1.807, 2.05) is 25.7 Å². The van der Waals surface area contributed by atoms with E-state index in [9.17, 15) is 4.79 Å². The minimum Gasteiger partial charge on any atom is -0.466 e. The predicted molar refractivity (Wildman–Crippen MR) is 67.6 cm³/mol. The van der Waals surface area contributed by atoms with E-state index in [0.717, 1.165) is 42.2 Å². The second kappa shape index (κ2) is 4.73. The molecule has 0 aromatic carbocycles. The molecule has 0 aliphatic carbocycles. The largest absolute Gasteiger partial charge is 0.466 e. The molecule has 1 saturated heterocycles. The van der Waals surface area contributed by atoms with Crippen LogP contribution in [0.25, 0.3) is 0 Å². The quantitative estimate of drug-likeness (QED) is 0.762. The number of amides is 1. The Bertz CT molecular complexity index is 439. The van der Waals surface area contributed by atoms with Crippen LogP contribution in [0.1, 0.15) is 33.9 Å². The lowest BCUT2D eigenvalue weighted by atomic mass is 10.1. The molecular weight excluding hydrogens is 238 g/mol. The first kappa shape index (κ1) is 12.5. The van der Waals surface area contributed by atoms with Gasteiger partial charge < -0.3 is 9.32 Å². The van der Waals surface area contributed by atoms with Gasteiger partial charge in [0.05, 0.1) is 5.56 Å². The first-order valence-corrected chi connectivity index (χ1v) is 6.49. The lowest BCUT2D eigenvalue weighted by Gasteiger charge is -2.16. The summed E-state index contributed by atoms with van der Waals surface area (Å²) in [5, 5.41) is 0. The van der Waals surface area contributed by atoms with Crippen LogP contribution >= 0.6 is 11.6 Å². The Morgan fingerprint density at radius 1 is 1.41 bits per heavy atom. The van der Waals surface area contributed by atoms with Crippen LogP contribution in [-0.2, 0) is 0 Å². The first-order chi connectivity index (χ1) is 8.04. The smallest absolute Gasteiger partial charge is 0.257 e. The number of carbonyl (C=O) groups is 1. The molecule has 3 nitrogen and oxygen atoms in total. The van der Waals surface area contributed by atoms with Crippen molar-refractivity contribution < 1.29 is 9.21 Å². The number of aryl methyl sites for hydroxylation is 2. The maximum atomic E-state index is 12.4. The summed E-state index contributed by atoms with van der Waals surface area (Å²) in [4.78, 5) is 14.3. The molecule has 2 rings (SSSR count). The Morgan fingerprint density at radius 2 is 2.12 bits per heavy atom. The van der Waals surface area contributed by atoms with Gasteiger partial charge in [-0.15, -0.1) is 11.6 Å². The van der Waals surface area contributed by atoms with Crippen LogP contribution in [0.5, 0.6) is 0 Å². The monoisotopic (exact) mass is 255 g/mol. The van der Waals surface area contributed by atoms with Gasteiger partial charge in [-0.05, 0) is 33.1 Å². The Balaban J connectivity index is 2.20. The summed E-state index contributed by atoms with van der Waals surface area (Å²) in [7, 11) is 0. The highest BCUT2D eigenvalue weighted by Gasteiger charge is 2.29. The van der Waals surface area contributed by atoms with E-state index in [-0.39, 0.29) is 5.91 Å². The molecule has 1 aliphatic heterocycles. The predicted octanol–water partition coefficient (Wildman–Crippen LogP) is 2.91. The summed E-state index contributed by atoms with van der Waals surface area (Å²) in [6, 6.07) is 0. The van der Waals surface area contributed by atoms with Gasteiger partial charge in [-0.25, -0.2) is 0 Å². The average Bonchev–Trinajstić information content (AvgIpc) is 2.85. The third-order valence-corrected chi connectivity index (χ3v) is 4.00. The number of nitrogens with zero attached hydrogens (tertiary/aromatic N) is 1. The number of alkyl halides is 1. The van der Waals surface area contributed by atoms with E-state index in [1.165, 1.54) is 0 Å². The number of rotatable bonds is 2. The maximum Gasteiger partial charge on any atom is 0.257 e. The van der Waals surface area contributed by atoms with Crippen molar-refractivity contribution in [3.05, 3.63) is 22.6 Å². The summed E-state index contributed by atoms with van der Waals surface area (Å²) in [6.45, 7) is 7.26. The second-order valence-electron chi connectivity index (χ2n) is 4.77. The maximum absolute atomic E-state index is 12.4. The Labute approximate surface area is 107 Å². The zero-order valence-corrected chi connectivity index (χ0v) is 11.3. The molecule has 1 fully saturated rings. The van der Waals surface area contributed by atoms with E-state index < -0.39 is 0 Å². The molecule has 0 radical (unpaired) electrons. The average molecular weight is 256 g/mol. The van der Waals surface area contributed by atoms with Crippen molar-refractivity contribution in [3.63, 3.8) is 0 Å². The van der Waals surface area contributed by atoms with Crippen LogP contribution in [0.15, 0.2) is 4.42 Å². The lowest BCUT2D eigenvalue weighted by Crippen LogP contribution is -2.29. The Hall–Kier alpha value is -0.960. The highest BCUT2D eigenvalue weighted by molar-refractivity contribution is 6.18. The van der Waals surface area contributed by atoms with Crippen LogP contribution in [0.2, 0.25) is 0 Å². The second-order valence-corrected chi connectivity index (χ2v) is 5.08. The van der Waals surface area contributed by atoms with Crippen molar-refractivity contribution in [1.29, 1.82) is 0 Å². The third kappa shape index (κ3) is 2.21. The van der Waals surface area contributed by atoms with Gasteiger partial charge in [0.25, 0.3) is 5.91 Å². The van der Waals surface area contributed by atoms with Gasteiger partial charge >= 0.3 is 0 Å². The van der Waals surface area contributed by atoms with Crippen molar-refractivity contribution in [2.75, 3.05) is 19.0 Å². The van der Waals surface area contributed by atoms with Gasteiger partial charge in [-0.2, -0.15) is 0 Å². The molecule has 1 aromatic heterocycles. The molecule has 94 valence electrons. The molecule has 1 atom stereocenters. The van der Waals surface area contributed by atoms with Crippen molar-refractivity contribution in [3.8, 4) is 0 Å². The minimum atomic E-state index is 0.0875. The molecule has 0 saturated carbocycles. The molecule has 1 unspecified atom stereocenters. The number of halogens is 1. The lowest BCUT2D eigenvalue weighted by molar-refractivity contribution is 0.0786. The fraction of sp³-hybridized carbons (Fsp3) is 0.615. The highest BCUT2D eigenvalue weighted by Crippen LogP contribution is 2.25. The van der Waals surface area contributed by atoms with Crippen LogP contribution in [0, 0.1) is 26.7 Å². The zero-order valence-electron chi connectivity index (χ0n) is 10.5. The molecule has 1 aromatic rings. The summed E-state index contributed by atoms with van der Waals surface area (Å²) < 4.78 is 5.51. The normalized spacial score (nSPS) is 20.0. The van der Waals surface area contributed by atoms with Crippen molar-refractivity contribution in [2.24, 2.45) is 5.92 Å². The van der Waals surface area contributed by atoms with Gasteiger partial charge in [0.2, 0.25) is 0 Å². The van der Waals surface area contributed by atoms with Gasteiger partial charge in [0, 0.05) is 24.5 Å². The number of hydrogen-bond donors (Lipinski definition) is 0. The van der Waals surface area contributed by atoms with Crippen LogP contribution in [0.3, 0.4) is 0 Å². The Kier molecular flexibility index (Phi) is 3.48. The van der Waals surface area contributed by atoms with Crippen LogP contribution in [-0.4, -0.2) is 29.8 Å².